The lowest BCUT2D eigenvalue weighted by Gasteiger charge is -2.15. The van der Waals surface area contributed by atoms with E-state index in [9.17, 15) is 4.79 Å². The molecule has 0 aromatic rings. The molecule has 0 unspecified atom stereocenters. The van der Waals surface area contributed by atoms with Gasteiger partial charge in [-0.1, -0.05) is 0 Å². The smallest absolute Gasteiger partial charge is 0.244 e. The van der Waals surface area contributed by atoms with E-state index in [4.69, 9.17) is 17.3 Å². The summed E-state index contributed by atoms with van der Waals surface area (Å²) >= 11 is 0. The second kappa shape index (κ2) is 3.20. The maximum atomic E-state index is 10.7. The fourth-order valence-corrected chi connectivity index (χ4v) is 0.389. The Kier molecular flexibility index (Phi) is 2.82. The molecular formula is C5H13N5O. The molecule has 7 N–H and O–H groups in total. The number of carbonyl (C=O) groups excluding carboxylic acids is 1. The van der Waals surface area contributed by atoms with E-state index in [-0.39, 0.29) is 5.96 Å². The Morgan fingerprint density at radius 2 is 1.91 bits per heavy atom. The Morgan fingerprint density at radius 3 is 2.18 bits per heavy atom. The van der Waals surface area contributed by atoms with Crippen molar-refractivity contribution in [1.82, 2.24) is 5.43 Å². The Labute approximate surface area is 64.8 Å². The van der Waals surface area contributed by atoms with Crippen molar-refractivity contribution in [2.24, 2.45) is 22.3 Å². The van der Waals surface area contributed by atoms with Crippen molar-refractivity contribution < 1.29 is 4.79 Å². The van der Waals surface area contributed by atoms with Gasteiger partial charge in [-0.3, -0.25) is 10.2 Å². The molecule has 0 saturated carbocycles. The fraction of sp³-hybridized carbons (Fsp3) is 0.600. The number of carbonyl (C=O) groups is 1. The van der Waals surface area contributed by atoms with Crippen LogP contribution in [0, 0.1) is 0 Å². The Hall–Kier alpha value is -1.30. The predicted octanol–water partition coefficient (Wildman–Crippen LogP) is -1.97. The van der Waals surface area contributed by atoms with Gasteiger partial charge < -0.3 is 11.5 Å². The van der Waals surface area contributed by atoms with Crippen LogP contribution in [-0.4, -0.2) is 17.4 Å². The average Bonchev–Trinajstić information content (AvgIpc) is 1.86. The van der Waals surface area contributed by atoms with Crippen molar-refractivity contribution in [3.8, 4) is 0 Å². The molecule has 0 fully saturated rings. The summed E-state index contributed by atoms with van der Waals surface area (Å²) in [6.45, 7) is 3.08. The molecule has 0 rings (SSSR count). The molecule has 0 aliphatic heterocycles. The lowest BCUT2D eigenvalue weighted by atomic mass is 10.1. The van der Waals surface area contributed by atoms with Crippen molar-refractivity contribution in [1.29, 1.82) is 0 Å². The molecule has 64 valence electrons. The van der Waals surface area contributed by atoms with Crippen LogP contribution < -0.4 is 22.7 Å². The number of hydrazine groups is 1. The highest BCUT2D eigenvalue weighted by molar-refractivity contribution is 5.88. The van der Waals surface area contributed by atoms with Gasteiger partial charge in [-0.15, -0.1) is 0 Å². The molecule has 0 heterocycles. The molecule has 0 bridgehead atoms. The van der Waals surface area contributed by atoms with Gasteiger partial charge in [0.25, 0.3) is 0 Å². The summed E-state index contributed by atoms with van der Waals surface area (Å²) in [5.41, 5.74) is 11.3. The Balaban J connectivity index is 4.46. The molecular weight excluding hydrogens is 146 g/mol. The SMILES string of the molecule is CC(C)(N=C(N)NN)C(N)=O. The van der Waals surface area contributed by atoms with Crippen LogP contribution in [0.15, 0.2) is 4.99 Å². The minimum Gasteiger partial charge on any atom is -0.369 e. The molecule has 0 spiro atoms. The predicted molar refractivity (Wildman–Crippen MR) is 42.2 cm³/mol. The normalized spacial score (nSPS) is 12.8. The maximum Gasteiger partial charge on any atom is 0.244 e. The summed E-state index contributed by atoms with van der Waals surface area (Å²) in [6, 6.07) is 0. The van der Waals surface area contributed by atoms with E-state index in [0.717, 1.165) is 0 Å². The van der Waals surface area contributed by atoms with Crippen molar-refractivity contribution in [3.05, 3.63) is 0 Å². The third kappa shape index (κ3) is 2.85. The highest BCUT2D eigenvalue weighted by Crippen LogP contribution is 2.05. The zero-order valence-electron chi connectivity index (χ0n) is 6.59. The summed E-state index contributed by atoms with van der Waals surface area (Å²) in [7, 11) is 0. The number of nitrogens with two attached hydrogens (primary N) is 3. The highest BCUT2D eigenvalue weighted by Gasteiger charge is 2.23. The van der Waals surface area contributed by atoms with E-state index in [2.05, 4.69) is 10.4 Å². The zero-order valence-corrected chi connectivity index (χ0v) is 6.59. The number of hydrogen-bond acceptors (Lipinski definition) is 3. The van der Waals surface area contributed by atoms with E-state index in [0.29, 0.717) is 0 Å². The zero-order chi connectivity index (χ0) is 9.07. The van der Waals surface area contributed by atoms with E-state index in [1.807, 2.05) is 0 Å². The van der Waals surface area contributed by atoms with Gasteiger partial charge in [-0.25, -0.2) is 10.8 Å². The van der Waals surface area contributed by atoms with Gasteiger partial charge >= 0.3 is 0 Å². The highest BCUT2D eigenvalue weighted by atomic mass is 16.1. The van der Waals surface area contributed by atoms with E-state index in [1.54, 1.807) is 13.8 Å². The Bertz CT molecular complexity index is 185. The second-order valence-electron chi connectivity index (χ2n) is 2.56. The minimum absolute atomic E-state index is 0.0196. The molecule has 0 aromatic carbocycles. The van der Waals surface area contributed by atoms with Gasteiger partial charge in [0.15, 0.2) is 0 Å². The van der Waals surface area contributed by atoms with Gasteiger partial charge in [0.1, 0.15) is 5.54 Å². The van der Waals surface area contributed by atoms with Crippen LogP contribution in [0.1, 0.15) is 13.8 Å². The largest absolute Gasteiger partial charge is 0.369 e. The van der Waals surface area contributed by atoms with Gasteiger partial charge in [-0.2, -0.15) is 0 Å². The number of aliphatic imine (C=N–C) groups is 1. The summed E-state index contributed by atoms with van der Waals surface area (Å²) in [5.74, 6) is 4.34. The first-order valence-electron chi connectivity index (χ1n) is 3.02. The van der Waals surface area contributed by atoms with E-state index < -0.39 is 11.4 Å². The van der Waals surface area contributed by atoms with Crippen LogP contribution in [0.25, 0.3) is 0 Å². The number of amides is 1. The lowest BCUT2D eigenvalue weighted by Crippen LogP contribution is -2.43. The van der Waals surface area contributed by atoms with Crippen molar-refractivity contribution in [2.75, 3.05) is 0 Å². The summed E-state index contributed by atoms with van der Waals surface area (Å²) in [6.07, 6.45) is 0. The maximum absolute atomic E-state index is 10.7. The van der Waals surface area contributed by atoms with E-state index >= 15 is 0 Å². The summed E-state index contributed by atoms with van der Waals surface area (Å²) in [5, 5.41) is 0. The van der Waals surface area contributed by atoms with Gasteiger partial charge in [0, 0.05) is 0 Å². The van der Waals surface area contributed by atoms with Gasteiger partial charge in [-0.05, 0) is 13.8 Å². The number of guanidine groups is 1. The summed E-state index contributed by atoms with van der Waals surface area (Å²) < 4.78 is 0. The number of nitrogens with zero attached hydrogens (tertiary/aromatic N) is 1. The number of nitrogens with one attached hydrogen (secondary N) is 1. The van der Waals surface area contributed by atoms with Gasteiger partial charge in [0.2, 0.25) is 11.9 Å². The second-order valence-corrected chi connectivity index (χ2v) is 2.56. The first-order chi connectivity index (χ1) is 4.90. The number of primary amides is 1. The van der Waals surface area contributed by atoms with Crippen LogP contribution in [-0.2, 0) is 4.79 Å². The molecule has 1 amide bonds. The van der Waals surface area contributed by atoms with Crippen molar-refractivity contribution >= 4 is 11.9 Å². The van der Waals surface area contributed by atoms with Crippen LogP contribution >= 0.6 is 0 Å². The van der Waals surface area contributed by atoms with E-state index in [1.165, 1.54) is 0 Å². The first kappa shape index (κ1) is 9.70. The topological polar surface area (TPSA) is 120 Å². The fourth-order valence-electron chi connectivity index (χ4n) is 0.389. The molecule has 0 aliphatic carbocycles. The molecule has 0 atom stereocenters. The molecule has 0 saturated heterocycles. The molecule has 0 aliphatic rings. The van der Waals surface area contributed by atoms with Crippen molar-refractivity contribution in [2.45, 2.75) is 19.4 Å². The first-order valence-corrected chi connectivity index (χ1v) is 3.02. The number of rotatable bonds is 2. The van der Waals surface area contributed by atoms with Crippen LogP contribution in [0.3, 0.4) is 0 Å². The Morgan fingerprint density at radius 1 is 1.45 bits per heavy atom. The average molecular weight is 159 g/mol. The van der Waals surface area contributed by atoms with Crippen LogP contribution in [0.5, 0.6) is 0 Å². The van der Waals surface area contributed by atoms with Crippen LogP contribution in [0.4, 0.5) is 0 Å². The third-order valence-electron chi connectivity index (χ3n) is 1.15. The molecule has 0 radical (unpaired) electrons. The van der Waals surface area contributed by atoms with Gasteiger partial charge in [0.05, 0.1) is 0 Å². The third-order valence-corrected chi connectivity index (χ3v) is 1.15. The molecule has 6 heteroatoms. The quantitative estimate of drug-likeness (QED) is 0.162. The molecule has 11 heavy (non-hydrogen) atoms. The monoisotopic (exact) mass is 159 g/mol. The minimum atomic E-state index is -1.02. The lowest BCUT2D eigenvalue weighted by molar-refractivity contribution is -0.121. The number of hydrogen-bond donors (Lipinski definition) is 4. The van der Waals surface area contributed by atoms with Crippen LogP contribution in [0.2, 0.25) is 0 Å². The standard InChI is InChI=1S/C5H13N5O/c1-5(2,3(6)11)9-4(7)10-8/h8H2,1-2H3,(H2,6,11)(H3,7,9,10). The molecule has 6 nitrogen and oxygen atoms in total. The van der Waals surface area contributed by atoms with Crippen molar-refractivity contribution in [3.63, 3.8) is 0 Å². The summed E-state index contributed by atoms with van der Waals surface area (Å²) in [4.78, 5) is 14.4. The molecule has 0 aromatic heterocycles.